The number of nitrogens with zero attached hydrogens (tertiary/aromatic N) is 3. The van der Waals surface area contributed by atoms with E-state index in [0.29, 0.717) is 17.8 Å². The third-order valence-corrected chi connectivity index (χ3v) is 3.80. The fourth-order valence-electron chi connectivity index (χ4n) is 2.48. The Hall–Kier alpha value is -2.54. The van der Waals surface area contributed by atoms with Gasteiger partial charge in [-0.25, -0.2) is 4.85 Å². The minimum atomic E-state index is -0.0223. The molecule has 0 radical (unpaired) electrons. The number of benzene rings is 1. The molecule has 2 aromatic rings. The van der Waals surface area contributed by atoms with Gasteiger partial charge >= 0.3 is 0 Å². The first-order valence-electron chi connectivity index (χ1n) is 7.74. The predicted octanol–water partition coefficient (Wildman–Crippen LogP) is 4.81. The van der Waals surface area contributed by atoms with Crippen LogP contribution in [0.5, 0.6) is 0 Å². The quantitative estimate of drug-likeness (QED) is 0.653. The monoisotopic (exact) mass is 309 g/mol. The van der Waals surface area contributed by atoms with Gasteiger partial charge in [-0.1, -0.05) is 45.0 Å². The second-order valence-corrected chi connectivity index (χ2v) is 6.62. The van der Waals surface area contributed by atoms with Gasteiger partial charge in [-0.05, 0) is 36.5 Å². The highest BCUT2D eigenvalue weighted by Crippen LogP contribution is 2.29. The molecule has 0 aliphatic heterocycles. The van der Waals surface area contributed by atoms with Crippen molar-refractivity contribution in [1.29, 1.82) is 0 Å². The second kappa shape index (κ2) is 6.29. The van der Waals surface area contributed by atoms with Gasteiger partial charge in [0.1, 0.15) is 5.76 Å². The Labute approximate surface area is 137 Å². The molecule has 0 saturated heterocycles. The molecule has 1 aromatic carbocycles. The lowest BCUT2D eigenvalue weighted by atomic mass is 9.86. The van der Waals surface area contributed by atoms with E-state index in [2.05, 4.69) is 30.7 Å². The number of hydrogen-bond donors (Lipinski definition) is 1. The van der Waals surface area contributed by atoms with Crippen molar-refractivity contribution < 1.29 is 5.11 Å². The van der Waals surface area contributed by atoms with Crippen LogP contribution in [0, 0.1) is 13.5 Å². The van der Waals surface area contributed by atoms with Crippen LogP contribution in [-0.2, 0) is 12.0 Å². The van der Waals surface area contributed by atoms with Gasteiger partial charge in [0, 0.05) is 6.54 Å². The van der Waals surface area contributed by atoms with Crippen LogP contribution >= 0.6 is 0 Å². The SMILES string of the molecule is [C-]#[N+]C(=C(O)c1cc(C)nn1CC)c1ccc(C(C)(C)C)cc1. The van der Waals surface area contributed by atoms with Gasteiger partial charge in [-0.2, -0.15) is 5.10 Å². The number of aryl methyl sites for hydroxylation is 2. The largest absolute Gasteiger partial charge is 0.517 e. The van der Waals surface area contributed by atoms with E-state index in [0.717, 1.165) is 5.69 Å². The average Bonchev–Trinajstić information content (AvgIpc) is 2.88. The number of rotatable bonds is 3. The molecule has 23 heavy (non-hydrogen) atoms. The molecule has 0 bridgehead atoms. The van der Waals surface area contributed by atoms with Crippen molar-refractivity contribution in [3.8, 4) is 0 Å². The van der Waals surface area contributed by atoms with Gasteiger partial charge in [0.25, 0.3) is 0 Å². The first kappa shape index (κ1) is 16.8. The van der Waals surface area contributed by atoms with E-state index in [1.165, 1.54) is 5.56 Å². The van der Waals surface area contributed by atoms with Crippen LogP contribution < -0.4 is 0 Å². The van der Waals surface area contributed by atoms with Gasteiger partial charge in [0.15, 0.2) is 0 Å². The van der Waals surface area contributed by atoms with Crippen LogP contribution in [0.4, 0.5) is 0 Å². The maximum absolute atomic E-state index is 10.6. The number of aliphatic hydroxyl groups excluding tert-OH is 1. The number of aromatic nitrogens is 2. The molecule has 4 heteroatoms. The van der Waals surface area contributed by atoms with Gasteiger partial charge < -0.3 is 5.11 Å². The zero-order valence-electron chi connectivity index (χ0n) is 14.4. The lowest BCUT2D eigenvalue weighted by molar-refractivity contribution is 0.497. The Morgan fingerprint density at radius 1 is 1.26 bits per heavy atom. The maximum atomic E-state index is 10.6. The van der Waals surface area contributed by atoms with Crippen LogP contribution in [0.3, 0.4) is 0 Å². The predicted molar refractivity (Wildman–Crippen MR) is 93.8 cm³/mol. The van der Waals surface area contributed by atoms with Crippen LogP contribution in [0.1, 0.15) is 50.2 Å². The smallest absolute Gasteiger partial charge is 0.237 e. The van der Waals surface area contributed by atoms with Crippen LogP contribution in [0.25, 0.3) is 16.3 Å². The minimum Gasteiger partial charge on any atom is -0.517 e. The van der Waals surface area contributed by atoms with Gasteiger partial charge in [0.05, 0.1) is 18.0 Å². The third kappa shape index (κ3) is 3.45. The summed E-state index contributed by atoms with van der Waals surface area (Å²) in [6, 6.07) is 9.60. The number of aliphatic hydroxyl groups is 1. The molecule has 1 aromatic heterocycles. The van der Waals surface area contributed by atoms with Crippen LogP contribution in [-0.4, -0.2) is 14.9 Å². The Morgan fingerprint density at radius 3 is 2.35 bits per heavy atom. The van der Waals surface area contributed by atoms with Crippen LogP contribution in [0.2, 0.25) is 0 Å². The summed E-state index contributed by atoms with van der Waals surface area (Å²) >= 11 is 0. The molecule has 0 amide bonds. The molecule has 0 atom stereocenters. The second-order valence-electron chi connectivity index (χ2n) is 6.62. The Bertz CT molecular complexity index is 768. The van der Waals surface area contributed by atoms with E-state index in [9.17, 15) is 5.11 Å². The van der Waals surface area contributed by atoms with Gasteiger partial charge in [-0.3, -0.25) is 4.68 Å². The van der Waals surface area contributed by atoms with E-state index in [-0.39, 0.29) is 16.9 Å². The van der Waals surface area contributed by atoms with Crippen molar-refractivity contribution in [2.24, 2.45) is 0 Å². The molecular formula is C19H23N3O. The Morgan fingerprint density at radius 2 is 1.87 bits per heavy atom. The molecule has 1 heterocycles. The summed E-state index contributed by atoms with van der Waals surface area (Å²) < 4.78 is 1.71. The van der Waals surface area contributed by atoms with Crippen molar-refractivity contribution in [3.05, 3.63) is 64.3 Å². The lowest BCUT2D eigenvalue weighted by Crippen LogP contribution is -2.10. The summed E-state index contributed by atoms with van der Waals surface area (Å²) in [6.45, 7) is 18.4. The molecule has 0 spiro atoms. The zero-order valence-corrected chi connectivity index (χ0v) is 14.4. The molecule has 0 aliphatic carbocycles. The maximum Gasteiger partial charge on any atom is 0.237 e. The molecular weight excluding hydrogens is 286 g/mol. The molecule has 0 saturated carbocycles. The van der Waals surface area contributed by atoms with E-state index < -0.39 is 0 Å². The topological polar surface area (TPSA) is 42.4 Å². The first-order valence-corrected chi connectivity index (χ1v) is 7.74. The van der Waals surface area contributed by atoms with Crippen molar-refractivity contribution in [3.63, 3.8) is 0 Å². The van der Waals surface area contributed by atoms with E-state index in [4.69, 9.17) is 6.57 Å². The summed E-state index contributed by atoms with van der Waals surface area (Å²) in [4.78, 5) is 3.55. The fourth-order valence-corrected chi connectivity index (χ4v) is 2.48. The van der Waals surface area contributed by atoms with Crippen LogP contribution in [0.15, 0.2) is 30.3 Å². The summed E-state index contributed by atoms with van der Waals surface area (Å²) in [6.07, 6.45) is 0. The van der Waals surface area contributed by atoms with E-state index in [1.807, 2.05) is 38.1 Å². The zero-order chi connectivity index (χ0) is 17.2. The number of hydrogen-bond acceptors (Lipinski definition) is 2. The molecule has 2 rings (SSSR count). The summed E-state index contributed by atoms with van der Waals surface area (Å²) in [5.74, 6) is -0.0223. The highest BCUT2D eigenvalue weighted by atomic mass is 16.3. The summed E-state index contributed by atoms with van der Waals surface area (Å²) in [5.41, 5.74) is 3.61. The van der Waals surface area contributed by atoms with E-state index in [1.54, 1.807) is 10.7 Å². The van der Waals surface area contributed by atoms with Gasteiger partial charge in [0.2, 0.25) is 5.70 Å². The molecule has 1 N–H and O–H groups in total. The highest BCUT2D eigenvalue weighted by Gasteiger charge is 2.17. The Kier molecular flexibility index (Phi) is 4.60. The first-order chi connectivity index (χ1) is 10.8. The Balaban J connectivity index is 2.52. The van der Waals surface area contributed by atoms with Crippen molar-refractivity contribution in [2.45, 2.75) is 46.6 Å². The van der Waals surface area contributed by atoms with E-state index >= 15 is 0 Å². The van der Waals surface area contributed by atoms with Crippen molar-refractivity contribution >= 4 is 11.5 Å². The van der Waals surface area contributed by atoms with Crippen molar-refractivity contribution in [1.82, 2.24) is 9.78 Å². The fraction of sp³-hybridized carbons (Fsp3) is 0.368. The molecule has 0 fully saturated rings. The third-order valence-electron chi connectivity index (χ3n) is 3.80. The summed E-state index contributed by atoms with van der Waals surface area (Å²) in [7, 11) is 0. The molecule has 4 nitrogen and oxygen atoms in total. The normalized spacial score (nSPS) is 12.7. The highest BCUT2D eigenvalue weighted by molar-refractivity contribution is 5.89. The standard InChI is InChI=1S/C19H23N3O/c1-7-22-16(12-13(2)21-22)18(23)17(20-6)14-8-10-15(11-9-14)19(3,4)5/h8-12,23H,7H2,1-5H3. The molecule has 0 unspecified atom stereocenters. The molecule has 0 aliphatic rings. The lowest BCUT2D eigenvalue weighted by Gasteiger charge is -2.19. The molecule has 120 valence electrons. The van der Waals surface area contributed by atoms with Gasteiger partial charge in [-0.15, -0.1) is 0 Å². The summed E-state index contributed by atoms with van der Waals surface area (Å²) in [5, 5.41) is 14.9. The average molecular weight is 309 g/mol. The minimum absolute atomic E-state index is 0.0223. The van der Waals surface area contributed by atoms with Crippen molar-refractivity contribution in [2.75, 3.05) is 0 Å².